The number of hydrogen-bond donors (Lipinski definition) is 0. The maximum absolute atomic E-state index is 13.7. The Labute approximate surface area is 230 Å². The lowest BCUT2D eigenvalue weighted by Gasteiger charge is -2.25. The molecule has 0 radical (unpaired) electrons. The average Bonchev–Trinajstić information content (AvgIpc) is 3.45. The molecule has 0 saturated carbocycles. The first-order valence-electron chi connectivity index (χ1n) is 11.3. The predicted molar refractivity (Wildman–Crippen MR) is 146 cm³/mol. The van der Waals surface area contributed by atoms with Crippen LogP contribution in [0.3, 0.4) is 0 Å². The first-order chi connectivity index (χ1) is 17.8. The summed E-state index contributed by atoms with van der Waals surface area (Å²) in [6, 6.07) is 15.1. The highest BCUT2D eigenvalue weighted by Crippen LogP contribution is 2.34. The Kier molecular flexibility index (Phi) is 7.14. The lowest BCUT2D eigenvalue weighted by molar-refractivity contribution is -0.139. The van der Waals surface area contributed by atoms with E-state index in [0.29, 0.717) is 47.2 Å². The number of rotatable bonds is 5. The Morgan fingerprint density at radius 2 is 1.89 bits per heavy atom. The number of carbonyl (C=O) groups excluding carboxylic acids is 1. The van der Waals surface area contributed by atoms with Crippen LogP contribution in [0.15, 0.2) is 80.1 Å². The molecular formula is C27H19Cl3N2O4S. The Bertz CT molecular complexity index is 1750. The average molecular weight is 574 g/mol. The van der Waals surface area contributed by atoms with Gasteiger partial charge in [-0.2, -0.15) is 0 Å². The molecule has 10 heteroatoms. The second-order valence-corrected chi connectivity index (χ2v) is 10.4. The fourth-order valence-electron chi connectivity index (χ4n) is 4.15. The largest absolute Gasteiger partial charge is 0.463 e. The number of ether oxygens (including phenoxy) is 1. The van der Waals surface area contributed by atoms with Crippen LogP contribution in [0.25, 0.3) is 17.4 Å². The number of carbonyl (C=O) groups is 1. The van der Waals surface area contributed by atoms with Gasteiger partial charge in [0, 0.05) is 16.7 Å². The number of benzene rings is 2. The highest BCUT2D eigenvalue weighted by Gasteiger charge is 2.34. The monoisotopic (exact) mass is 572 g/mol. The summed E-state index contributed by atoms with van der Waals surface area (Å²) in [5.74, 6) is 0.509. The van der Waals surface area contributed by atoms with E-state index >= 15 is 0 Å². The van der Waals surface area contributed by atoms with Crippen molar-refractivity contribution in [3.05, 3.63) is 112 Å². The number of nitrogens with zero attached hydrogens (tertiary/aromatic N) is 2. The number of fused-ring (bicyclic) bond motifs is 1. The van der Waals surface area contributed by atoms with Crippen LogP contribution in [-0.4, -0.2) is 17.1 Å². The smallest absolute Gasteiger partial charge is 0.338 e. The van der Waals surface area contributed by atoms with Gasteiger partial charge >= 0.3 is 5.97 Å². The maximum atomic E-state index is 13.7. The van der Waals surface area contributed by atoms with Crippen molar-refractivity contribution in [2.45, 2.75) is 19.9 Å². The van der Waals surface area contributed by atoms with E-state index in [1.54, 1.807) is 68.5 Å². The Morgan fingerprint density at radius 3 is 2.62 bits per heavy atom. The van der Waals surface area contributed by atoms with Gasteiger partial charge in [0.1, 0.15) is 17.6 Å². The molecule has 3 heterocycles. The van der Waals surface area contributed by atoms with E-state index in [1.165, 1.54) is 15.9 Å². The zero-order valence-electron chi connectivity index (χ0n) is 19.6. The number of thiazole rings is 1. The van der Waals surface area contributed by atoms with Gasteiger partial charge < -0.3 is 9.15 Å². The molecule has 0 N–H and O–H groups in total. The van der Waals surface area contributed by atoms with Crippen LogP contribution in [0.2, 0.25) is 15.1 Å². The third-order valence-corrected chi connectivity index (χ3v) is 7.89. The Hall–Kier alpha value is -3.10. The SMILES string of the molecule is CCOC(=O)C1=C(C)N=c2s/c(=C\c3ccc(-c4ccc(Cl)c(Cl)c4)o3)c(=O)n2C1c1ccccc1Cl. The molecule has 1 atom stereocenters. The molecule has 0 saturated heterocycles. The van der Waals surface area contributed by atoms with Crippen molar-refractivity contribution in [3.63, 3.8) is 0 Å². The van der Waals surface area contributed by atoms with E-state index in [4.69, 9.17) is 44.0 Å². The number of furan rings is 1. The number of hydrogen-bond acceptors (Lipinski definition) is 6. The van der Waals surface area contributed by atoms with Gasteiger partial charge in [-0.1, -0.05) is 64.3 Å². The molecule has 2 aromatic carbocycles. The fraction of sp³-hybridized carbons (Fsp3) is 0.148. The van der Waals surface area contributed by atoms with Crippen molar-refractivity contribution in [2.75, 3.05) is 6.61 Å². The van der Waals surface area contributed by atoms with Crippen molar-refractivity contribution in [1.29, 1.82) is 0 Å². The third kappa shape index (κ3) is 4.80. The fourth-order valence-corrected chi connectivity index (χ4v) is 5.71. The van der Waals surface area contributed by atoms with Crippen molar-refractivity contribution < 1.29 is 13.9 Å². The van der Waals surface area contributed by atoms with Crippen LogP contribution < -0.4 is 14.9 Å². The number of allylic oxidation sites excluding steroid dienone is 1. The number of esters is 1. The second-order valence-electron chi connectivity index (χ2n) is 8.15. The van der Waals surface area contributed by atoms with Gasteiger partial charge in [0.25, 0.3) is 5.56 Å². The predicted octanol–water partition coefficient (Wildman–Crippen LogP) is 6.02. The minimum Gasteiger partial charge on any atom is -0.463 e. The molecule has 4 aromatic rings. The standard InChI is InChI=1S/C27H19Cl3N2O4S/c1-3-35-26(34)23-14(2)31-27-32(24(23)17-6-4-5-7-18(17)28)25(33)22(37-27)13-16-9-11-21(36-16)15-8-10-19(29)20(30)12-15/h4-13,24H,3H2,1-2H3/b22-13-. The molecule has 1 aliphatic rings. The van der Waals surface area contributed by atoms with Gasteiger partial charge in [-0.3, -0.25) is 9.36 Å². The van der Waals surface area contributed by atoms with E-state index in [-0.39, 0.29) is 17.7 Å². The number of halogens is 3. The molecule has 2 aromatic heterocycles. The van der Waals surface area contributed by atoms with E-state index in [9.17, 15) is 9.59 Å². The molecule has 0 amide bonds. The molecule has 0 fully saturated rings. The van der Waals surface area contributed by atoms with Crippen molar-refractivity contribution in [3.8, 4) is 11.3 Å². The summed E-state index contributed by atoms with van der Waals surface area (Å²) in [4.78, 5) is 31.7. The molecule has 0 spiro atoms. The van der Waals surface area contributed by atoms with Crippen LogP contribution in [0.4, 0.5) is 0 Å². The summed E-state index contributed by atoms with van der Waals surface area (Å²) in [5.41, 5.74) is 1.78. The van der Waals surface area contributed by atoms with Crippen LogP contribution in [0.1, 0.15) is 31.2 Å². The van der Waals surface area contributed by atoms with Crippen LogP contribution in [0.5, 0.6) is 0 Å². The lowest BCUT2D eigenvalue weighted by atomic mass is 9.96. The normalized spacial score (nSPS) is 15.5. The van der Waals surface area contributed by atoms with Gasteiger partial charge in [0.05, 0.1) is 32.5 Å². The maximum Gasteiger partial charge on any atom is 0.338 e. The van der Waals surface area contributed by atoms with E-state index in [1.807, 2.05) is 6.07 Å². The van der Waals surface area contributed by atoms with Gasteiger partial charge in [-0.25, -0.2) is 9.79 Å². The molecule has 1 unspecified atom stereocenters. The van der Waals surface area contributed by atoms with Gasteiger partial charge in [0.2, 0.25) is 0 Å². The second kappa shape index (κ2) is 10.3. The summed E-state index contributed by atoms with van der Waals surface area (Å²) in [7, 11) is 0. The topological polar surface area (TPSA) is 73.8 Å². The molecule has 188 valence electrons. The van der Waals surface area contributed by atoms with Crippen molar-refractivity contribution in [2.24, 2.45) is 4.99 Å². The Balaban J connectivity index is 1.64. The van der Waals surface area contributed by atoms with E-state index in [0.717, 1.165) is 5.56 Å². The van der Waals surface area contributed by atoms with Crippen molar-refractivity contribution >= 4 is 58.2 Å². The van der Waals surface area contributed by atoms with Gasteiger partial charge in [-0.15, -0.1) is 0 Å². The summed E-state index contributed by atoms with van der Waals surface area (Å²) in [6.45, 7) is 3.64. The third-order valence-electron chi connectivity index (χ3n) is 5.82. The summed E-state index contributed by atoms with van der Waals surface area (Å²) >= 11 is 19.9. The zero-order chi connectivity index (χ0) is 26.3. The lowest BCUT2D eigenvalue weighted by Crippen LogP contribution is -2.40. The quantitative estimate of drug-likeness (QED) is 0.274. The first kappa shape index (κ1) is 25.5. The van der Waals surface area contributed by atoms with Crippen molar-refractivity contribution in [1.82, 2.24) is 4.57 Å². The molecular weight excluding hydrogens is 555 g/mol. The highest BCUT2D eigenvalue weighted by atomic mass is 35.5. The Morgan fingerprint density at radius 1 is 1.11 bits per heavy atom. The van der Waals surface area contributed by atoms with Gasteiger partial charge in [-0.05, 0) is 55.8 Å². The molecule has 37 heavy (non-hydrogen) atoms. The molecule has 0 bridgehead atoms. The molecule has 0 aliphatic carbocycles. The van der Waals surface area contributed by atoms with Crippen LogP contribution >= 0.6 is 46.1 Å². The summed E-state index contributed by atoms with van der Waals surface area (Å²) in [6.07, 6.45) is 1.65. The minimum atomic E-state index is -0.783. The summed E-state index contributed by atoms with van der Waals surface area (Å²) < 4.78 is 13.2. The molecule has 6 nitrogen and oxygen atoms in total. The molecule has 5 rings (SSSR count). The van der Waals surface area contributed by atoms with E-state index in [2.05, 4.69) is 4.99 Å². The highest BCUT2D eigenvalue weighted by molar-refractivity contribution is 7.07. The molecule has 1 aliphatic heterocycles. The first-order valence-corrected chi connectivity index (χ1v) is 13.2. The zero-order valence-corrected chi connectivity index (χ0v) is 22.7. The summed E-state index contributed by atoms with van der Waals surface area (Å²) in [5, 5.41) is 1.29. The van der Waals surface area contributed by atoms with Gasteiger partial charge in [0.15, 0.2) is 4.80 Å². The number of aromatic nitrogens is 1. The van der Waals surface area contributed by atoms with E-state index < -0.39 is 12.0 Å². The minimum absolute atomic E-state index is 0.189. The van der Waals surface area contributed by atoms with Crippen LogP contribution in [-0.2, 0) is 9.53 Å². The van der Waals surface area contributed by atoms with Crippen LogP contribution in [0, 0.1) is 0 Å².